The number of thiophene rings is 1. The van der Waals surface area contributed by atoms with Crippen LogP contribution in [-0.2, 0) is 4.79 Å². The maximum atomic E-state index is 13.0. The molecule has 0 aliphatic carbocycles. The van der Waals surface area contributed by atoms with Crippen molar-refractivity contribution in [2.45, 2.75) is 33.7 Å². The number of carbonyl (C=O) groups is 1. The van der Waals surface area contributed by atoms with Gasteiger partial charge in [-0.15, -0.1) is 11.3 Å². The van der Waals surface area contributed by atoms with Gasteiger partial charge >= 0.3 is 5.97 Å². The second-order valence-electron chi connectivity index (χ2n) is 6.00. The van der Waals surface area contributed by atoms with Gasteiger partial charge in [-0.2, -0.15) is 0 Å². The Kier molecular flexibility index (Phi) is 4.01. The van der Waals surface area contributed by atoms with Crippen LogP contribution in [-0.4, -0.2) is 20.6 Å². The van der Waals surface area contributed by atoms with Crippen LogP contribution >= 0.6 is 11.3 Å². The summed E-state index contributed by atoms with van der Waals surface area (Å²) >= 11 is 1.41. The quantitative estimate of drug-likeness (QED) is 0.788. The zero-order valence-corrected chi connectivity index (χ0v) is 14.8. The average molecular weight is 342 g/mol. The number of carboxylic acid groups (broad SMARTS) is 1. The molecule has 0 amide bonds. The standard InChI is InChI=1S/C18H18N2O3S/c1-9-5-6-13(10(2)7-9)14-8-24-16-15(14)17(21)20(12(4)19-16)11(3)18(22)23/h5-8,11H,1-4H3,(H,22,23). The minimum Gasteiger partial charge on any atom is -0.480 e. The van der Waals surface area contributed by atoms with E-state index in [0.29, 0.717) is 16.0 Å². The van der Waals surface area contributed by atoms with Gasteiger partial charge in [0, 0.05) is 10.9 Å². The summed E-state index contributed by atoms with van der Waals surface area (Å²) in [6.45, 7) is 7.19. The zero-order chi connectivity index (χ0) is 17.6. The highest BCUT2D eigenvalue weighted by Crippen LogP contribution is 2.33. The lowest BCUT2D eigenvalue weighted by Crippen LogP contribution is -2.30. The minimum absolute atomic E-state index is 0.302. The van der Waals surface area contributed by atoms with E-state index >= 15 is 0 Å². The first-order valence-electron chi connectivity index (χ1n) is 7.62. The van der Waals surface area contributed by atoms with Gasteiger partial charge in [-0.1, -0.05) is 23.8 Å². The third-order valence-electron chi connectivity index (χ3n) is 4.23. The molecule has 3 rings (SSSR count). The van der Waals surface area contributed by atoms with E-state index in [1.54, 1.807) is 6.92 Å². The Morgan fingerprint density at radius 3 is 2.58 bits per heavy atom. The van der Waals surface area contributed by atoms with E-state index in [2.05, 4.69) is 11.1 Å². The van der Waals surface area contributed by atoms with Crippen LogP contribution in [0.2, 0.25) is 0 Å². The lowest BCUT2D eigenvalue weighted by molar-refractivity contribution is -0.140. The van der Waals surface area contributed by atoms with Crippen LogP contribution in [0.15, 0.2) is 28.4 Å². The largest absolute Gasteiger partial charge is 0.480 e. The number of benzene rings is 1. The van der Waals surface area contributed by atoms with Crippen LogP contribution in [0, 0.1) is 20.8 Å². The fourth-order valence-corrected chi connectivity index (χ4v) is 3.96. The first kappa shape index (κ1) is 16.4. The second-order valence-corrected chi connectivity index (χ2v) is 6.85. The Morgan fingerprint density at radius 1 is 1.25 bits per heavy atom. The molecule has 0 saturated carbocycles. The van der Waals surface area contributed by atoms with Crippen molar-refractivity contribution in [2.24, 2.45) is 0 Å². The molecule has 1 atom stereocenters. The van der Waals surface area contributed by atoms with Gasteiger partial charge in [-0.3, -0.25) is 9.36 Å². The van der Waals surface area contributed by atoms with E-state index < -0.39 is 12.0 Å². The van der Waals surface area contributed by atoms with Gasteiger partial charge in [0.2, 0.25) is 0 Å². The molecule has 1 aromatic carbocycles. The van der Waals surface area contributed by atoms with Gasteiger partial charge in [0.05, 0.1) is 5.39 Å². The molecule has 0 fully saturated rings. The molecule has 1 N–H and O–H groups in total. The normalized spacial score (nSPS) is 12.5. The third kappa shape index (κ3) is 2.53. The first-order chi connectivity index (χ1) is 11.3. The Hall–Kier alpha value is -2.47. The molecule has 3 aromatic rings. The summed E-state index contributed by atoms with van der Waals surface area (Å²) in [4.78, 5) is 29.4. The van der Waals surface area contributed by atoms with Crippen molar-refractivity contribution in [1.29, 1.82) is 0 Å². The second kappa shape index (κ2) is 5.87. The average Bonchev–Trinajstić information content (AvgIpc) is 2.90. The van der Waals surface area contributed by atoms with Crippen molar-refractivity contribution >= 4 is 27.5 Å². The topological polar surface area (TPSA) is 72.2 Å². The zero-order valence-electron chi connectivity index (χ0n) is 14.0. The number of nitrogens with zero attached hydrogens (tertiary/aromatic N) is 2. The molecule has 0 aliphatic rings. The molecule has 24 heavy (non-hydrogen) atoms. The Bertz CT molecular complexity index is 1020. The predicted octanol–water partition coefficient (Wildman–Crippen LogP) is 3.70. The third-order valence-corrected chi connectivity index (χ3v) is 5.11. The van der Waals surface area contributed by atoms with Crippen molar-refractivity contribution in [3.05, 3.63) is 50.9 Å². The highest BCUT2D eigenvalue weighted by Gasteiger charge is 2.22. The van der Waals surface area contributed by atoms with Crippen molar-refractivity contribution < 1.29 is 9.90 Å². The summed E-state index contributed by atoms with van der Waals surface area (Å²) in [5, 5.41) is 11.7. The van der Waals surface area contributed by atoms with Crippen LogP contribution in [0.1, 0.15) is 29.9 Å². The summed E-state index contributed by atoms with van der Waals surface area (Å²) in [6, 6.07) is 5.11. The monoisotopic (exact) mass is 342 g/mol. The van der Waals surface area contributed by atoms with Crippen LogP contribution in [0.25, 0.3) is 21.3 Å². The molecule has 124 valence electrons. The van der Waals surface area contributed by atoms with E-state index in [1.165, 1.54) is 22.8 Å². The summed E-state index contributed by atoms with van der Waals surface area (Å²) in [7, 11) is 0. The number of aryl methyl sites for hydroxylation is 3. The van der Waals surface area contributed by atoms with E-state index in [9.17, 15) is 14.7 Å². The minimum atomic E-state index is -1.05. The van der Waals surface area contributed by atoms with E-state index in [0.717, 1.165) is 22.3 Å². The van der Waals surface area contributed by atoms with Gasteiger partial charge in [0.15, 0.2) is 0 Å². The number of hydrogen-bond donors (Lipinski definition) is 1. The van der Waals surface area contributed by atoms with Crippen molar-refractivity contribution in [2.75, 3.05) is 0 Å². The smallest absolute Gasteiger partial charge is 0.326 e. The molecular formula is C18H18N2O3S. The van der Waals surface area contributed by atoms with Crippen LogP contribution < -0.4 is 5.56 Å². The number of fused-ring (bicyclic) bond motifs is 1. The number of aliphatic carboxylic acids is 1. The molecular weight excluding hydrogens is 324 g/mol. The number of carboxylic acids is 1. The summed E-state index contributed by atoms with van der Waals surface area (Å²) in [6.07, 6.45) is 0. The van der Waals surface area contributed by atoms with E-state index in [-0.39, 0.29) is 5.56 Å². The van der Waals surface area contributed by atoms with Crippen molar-refractivity contribution in [3.63, 3.8) is 0 Å². The van der Waals surface area contributed by atoms with Crippen LogP contribution in [0.4, 0.5) is 0 Å². The molecule has 2 aromatic heterocycles. The molecule has 0 bridgehead atoms. The lowest BCUT2D eigenvalue weighted by atomic mass is 9.99. The van der Waals surface area contributed by atoms with E-state index in [1.807, 2.05) is 31.4 Å². The highest BCUT2D eigenvalue weighted by atomic mass is 32.1. The number of hydrogen-bond acceptors (Lipinski definition) is 4. The highest BCUT2D eigenvalue weighted by molar-refractivity contribution is 7.17. The maximum Gasteiger partial charge on any atom is 0.326 e. The van der Waals surface area contributed by atoms with Crippen LogP contribution in [0.5, 0.6) is 0 Å². The summed E-state index contributed by atoms with van der Waals surface area (Å²) in [5.74, 6) is -0.638. The molecule has 2 heterocycles. The first-order valence-corrected chi connectivity index (χ1v) is 8.50. The molecule has 0 spiro atoms. The Labute approximate surface area is 143 Å². The Balaban J connectivity index is 2.35. The molecule has 0 radical (unpaired) electrons. The predicted molar refractivity (Wildman–Crippen MR) is 95.9 cm³/mol. The number of rotatable bonds is 3. The van der Waals surface area contributed by atoms with Gasteiger partial charge in [0.1, 0.15) is 16.7 Å². The van der Waals surface area contributed by atoms with Gasteiger partial charge in [-0.05, 0) is 38.8 Å². The summed E-state index contributed by atoms with van der Waals surface area (Å²) < 4.78 is 1.25. The van der Waals surface area contributed by atoms with E-state index in [4.69, 9.17) is 0 Å². The van der Waals surface area contributed by atoms with Crippen LogP contribution in [0.3, 0.4) is 0 Å². The molecule has 6 heteroatoms. The molecule has 5 nitrogen and oxygen atoms in total. The molecule has 0 saturated heterocycles. The maximum absolute atomic E-state index is 13.0. The van der Waals surface area contributed by atoms with Crippen molar-refractivity contribution in [3.8, 4) is 11.1 Å². The van der Waals surface area contributed by atoms with Crippen molar-refractivity contribution in [1.82, 2.24) is 9.55 Å². The SMILES string of the molecule is Cc1ccc(-c2csc3nc(C)n(C(C)C(=O)O)c(=O)c23)c(C)c1. The van der Waals surface area contributed by atoms with Gasteiger partial charge in [-0.25, -0.2) is 9.78 Å². The molecule has 0 aliphatic heterocycles. The lowest BCUT2D eigenvalue weighted by Gasteiger charge is -2.14. The van der Waals surface area contributed by atoms with Gasteiger partial charge < -0.3 is 5.11 Å². The fourth-order valence-electron chi connectivity index (χ4n) is 2.99. The van der Waals surface area contributed by atoms with Gasteiger partial charge in [0.25, 0.3) is 5.56 Å². The fraction of sp³-hybridized carbons (Fsp3) is 0.278. The molecule has 1 unspecified atom stereocenters. The summed E-state index contributed by atoms with van der Waals surface area (Å²) in [5.41, 5.74) is 3.72. The number of aromatic nitrogens is 2. The Morgan fingerprint density at radius 2 is 1.96 bits per heavy atom.